The van der Waals surface area contributed by atoms with E-state index in [1.54, 1.807) is 11.3 Å². The maximum Gasteiger partial charge on any atom is 0.0862 e. The first kappa shape index (κ1) is 12.0. The second-order valence-corrected chi connectivity index (χ2v) is 4.84. The summed E-state index contributed by atoms with van der Waals surface area (Å²) in [7, 11) is 0. The van der Waals surface area contributed by atoms with Crippen LogP contribution in [0.2, 0.25) is 0 Å². The van der Waals surface area contributed by atoms with Gasteiger partial charge in [0.2, 0.25) is 0 Å². The average molecular weight is 262 g/mol. The van der Waals surface area contributed by atoms with Crippen molar-refractivity contribution in [2.45, 2.75) is 0 Å². The van der Waals surface area contributed by atoms with E-state index in [4.69, 9.17) is 5.73 Å². The molecule has 0 atom stereocenters. The first-order chi connectivity index (χ1) is 7.84. The Bertz CT molecular complexity index is 640. The predicted octanol–water partition coefficient (Wildman–Crippen LogP) is 4.57. The van der Waals surface area contributed by atoms with Gasteiger partial charge in [-0.05, 0) is 28.5 Å². The summed E-state index contributed by atoms with van der Waals surface area (Å²) in [4.78, 5) is 1.23. The van der Waals surface area contributed by atoms with Gasteiger partial charge in [0.25, 0.3) is 0 Å². The fraction of sp³-hybridized carbons (Fsp3) is 0. The van der Waals surface area contributed by atoms with Crippen LogP contribution in [0.5, 0.6) is 0 Å². The lowest BCUT2D eigenvalue weighted by Crippen LogP contribution is -1.77. The van der Waals surface area contributed by atoms with E-state index < -0.39 is 0 Å². The maximum absolute atomic E-state index is 5.78. The molecular formula is C14H12ClNS. The number of halogens is 1. The summed E-state index contributed by atoms with van der Waals surface area (Å²) in [5.74, 6) is 0. The van der Waals surface area contributed by atoms with Crippen molar-refractivity contribution in [3.63, 3.8) is 0 Å². The van der Waals surface area contributed by atoms with Crippen LogP contribution in [0.3, 0.4) is 0 Å². The zero-order valence-electron chi connectivity index (χ0n) is 9.09. The summed E-state index contributed by atoms with van der Waals surface area (Å²) in [6.07, 6.45) is 0. The van der Waals surface area contributed by atoms with Crippen molar-refractivity contribution in [3.8, 4) is 10.4 Å². The van der Waals surface area contributed by atoms with Gasteiger partial charge in [0, 0.05) is 4.88 Å². The van der Waals surface area contributed by atoms with Gasteiger partial charge in [-0.25, -0.2) is 0 Å². The summed E-state index contributed by atoms with van der Waals surface area (Å²) in [6.45, 7) is 0. The molecule has 3 aromatic rings. The number of nitrogen functional groups attached to an aromatic ring is 1. The topological polar surface area (TPSA) is 26.0 Å². The van der Waals surface area contributed by atoms with E-state index in [1.807, 2.05) is 6.07 Å². The van der Waals surface area contributed by atoms with Gasteiger partial charge in [-0.1, -0.05) is 42.5 Å². The van der Waals surface area contributed by atoms with Crippen LogP contribution >= 0.6 is 23.7 Å². The molecule has 1 heterocycles. The third-order valence-electron chi connectivity index (χ3n) is 2.68. The van der Waals surface area contributed by atoms with Crippen LogP contribution < -0.4 is 5.73 Å². The van der Waals surface area contributed by atoms with Crippen molar-refractivity contribution in [3.05, 3.63) is 54.6 Å². The molecule has 3 heteroatoms. The highest BCUT2D eigenvalue weighted by Crippen LogP contribution is 2.34. The maximum atomic E-state index is 5.78. The molecule has 0 bridgehead atoms. The fourth-order valence-corrected chi connectivity index (χ4v) is 2.75. The SMILES string of the molecule is Cl.Nc1ccc(-c2cccc3ccccc23)s1. The molecule has 17 heavy (non-hydrogen) atoms. The van der Waals surface area contributed by atoms with E-state index in [9.17, 15) is 0 Å². The minimum Gasteiger partial charge on any atom is -0.391 e. The molecule has 0 radical (unpaired) electrons. The Kier molecular flexibility index (Phi) is 3.36. The predicted molar refractivity (Wildman–Crippen MR) is 78.9 cm³/mol. The highest BCUT2D eigenvalue weighted by Gasteiger charge is 2.04. The fourth-order valence-electron chi connectivity index (χ4n) is 1.94. The molecule has 0 unspecified atom stereocenters. The number of thiophene rings is 1. The number of hydrogen-bond acceptors (Lipinski definition) is 2. The van der Waals surface area contributed by atoms with Gasteiger partial charge >= 0.3 is 0 Å². The molecule has 0 saturated carbocycles. The third-order valence-corrected chi connectivity index (χ3v) is 3.63. The van der Waals surface area contributed by atoms with E-state index in [1.165, 1.54) is 21.2 Å². The largest absolute Gasteiger partial charge is 0.391 e. The van der Waals surface area contributed by atoms with Crippen molar-refractivity contribution >= 4 is 39.5 Å². The highest BCUT2D eigenvalue weighted by molar-refractivity contribution is 7.19. The number of benzene rings is 2. The molecule has 0 saturated heterocycles. The molecule has 0 fully saturated rings. The second-order valence-electron chi connectivity index (χ2n) is 3.73. The standard InChI is InChI=1S/C14H11NS.ClH/c15-14-9-8-13(16-14)12-7-3-5-10-4-1-2-6-11(10)12;/h1-9H,15H2;1H. The smallest absolute Gasteiger partial charge is 0.0862 e. The van der Waals surface area contributed by atoms with Crippen molar-refractivity contribution in [2.24, 2.45) is 0 Å². The lowest BCUT2D eigenvalue weighted by atomic mass is 10.0. The van der Waals surface area contributed by atoms with Crippen LogP contribution in [0.15, 0.2) is 54.6 Å². The monoisotopic (exact) mass is 261 g/mol. The van der Waals surface area contributed by atoms with Crippen LogP contribution in [-0.4, -0.2) is 0 Å². The van der Waals surface area contributed by atoms with Crippen molar-refractivity contribution in [1.29, 1.82) is 0 Å². The van der Waals surface area contributed by atoms with Crippen LogP contribution in [-0.2, 0) is 0 Å². The van der Waals surface area contributed by atoms with Gasteiger partial charge in [0.05, 0.1) is 5.00 Å². The van der Waals surface area contributed by atoms with Crippen LogP contribution in [0.4, 0.5) is 5.00 Å². The van der Waals surface area contributed by atoms with Gasteiger partial charge in [-0.15, -0.1) is 23.7 Å². The van der Waals surface area contributed by atoms with E-state index in [0.717, 1.165) is 5.00 Å². The van der Waals surface area contributed by atoms with E-state index in [0.29, 0.717) is 0 Å². The Morgan fingerprint density at radius 2 is 1.59 bits per heavy atom. The zero-order valence-corrected chi connectivity index (χ0v) is 10.7. The Labute approximate surface area is 110 Å². The number of fused-ring (bicyclic) bond motifs is 1. The Balaban J connectivity index is 0.00000108. The van der Waals surface area contributed by atoms with Crippen LogP contribution in [0, 0.1) is 0 Å². The number of nitrogens with two attached hydrogens (primary N) is 1. The normalized spacial score (nSPS) is 10.1. The molecule has 0 aliphatic heterocycles. The summed E-state index contributed by atoms with van der Waals surface area (Å²) in [5, 5.41) is 3.42. The van der Waals surface area contributed by atoms with Crippen LogP contribution in [0.25, 0.3) is 21.2 Å². The quantitative estimate of drug-likeness (QED) is 0.682. The molecule has 0 aliphatic carbocycles. The van der Waals surface area contributed by atoms with Crippen LogP contribution in [0.1, 0.15) is 0 Å². The van der Waals surface area contributed by atoms with E-state index in [2.05, 4.69) is 48.5 Å². The summed E-state index contributed by atoms with van der Waals surface area (Å²) >= 11 is 1.63. The van der Waals surface area contributed by atoms with Gasteiger partial charge in [-0.3, -0.25) is 0 Å². The highest BCUT2D eigenvalue weighted by atomic mass is 35.5. The lowest BCUT2D eigenvalue weighted by molar-refractivity contribution is 1.74. The van der Waals surface area contributed by atoms with Crippen molar-refractivity contribution in [2.75, 3.05) is 5.73 Å². The number of rotatable bonds is 1. The van der Waals surface area contributed by atoms with E-state index in [-0.39, 0.29) is 12.4 Å². The molecule has 0 amide bonds. The molecule has 3 rings (SSSR count). The molecule has 0 spiro atoms. The van der Waals surface area contributed by atoms with Crippen molar-refractivity contribution < 1.29 is 0 Å². The Hall–Kier alpha value is -1.51. The molecule has 0 aliphatic rings. The Morgan fingerprint density at radius 3 is 2.35 bits per heavy atom. The first-order valence-electron chi connectivity index (χ1n) is 5.18. The van der Waals surface area contributed by atoms with Crippen molar-refractivity contribution in [1.82, 2.24) is 0 Å². The lowest BCUT2D eigenvalue weighted by Gasteiger charge is -2.03. The molecule has 1 nitrogen and oxygen atoms in total. The summed E-state index contributed by atoms with van der Waals surface area (Å²) < 4.78 is 0. The van der Waals surface area contributed by atoms with Gasteiger partial charge in [-0.2, -0.15) is 0 Å². The van der Waals surface area contributed by atoms with Gasteiger partial charge in [0.15, 0.2) is 0 Å². The molecule has 2 aromatic carbocycles. The van der Waals surface area contributed by atoms with Gasteiger partial charge < -0.3 is 5.73 Å². The second kappa shape index (κ2) is 4.78. The molecule has 2 N–H and O–H groups in total. The average Bonchev–Trinajstić information content (AvgIpc) is 2.75. The van der Waals surface area contributed by atoms with E-state index >= 15 is 0 Å². The molecule has 86 valence electrons. The Morgan fingerprint density at radius 1 is 0.824 bits per heavy atom. The van der Waals surface area contributed by atoms with Gasteiger partial charge in [0.1, 0.15) is 0 Å². The molecular weight excluding hydrogens is 250 g/mol. The number of hydrogen-bond donors (Lipinski definition) is 1. The molecule has 1 aromatic heterocycles. The summed E-state index contributed by atoms with van der Waals surface area (Å²) in [5.41, 5.74) is 7.04. The minimum atomic E-state index is 0. The zero-order chi connectivity index (χ0) is 11.0. The minimum absolute atomic E-state index is 0. The summed E-state index contributed by atoms with van der Waals surface area (Å²) in [6, 6.07) is 18.8. The first-order valence-corrected chi connectivity index (χ1v) is 6.00. The number of anilines is 1. The third kappa shape index (κ3) is 2.14.